The monoisotopic (exact) mass is 595 g/mol. The molecular weight excluding hydrogens is 565 g/mol. The average molecular weight is 597 g/mol. The standard InChI is InChI=1S/C29H31BrFN3O3Si/c1-29(2,3)38(5,6)37-18-13-20-19(21-15-22(30)27(35)33(4)25(21)14-18)10-8-12-24(20)34-28(36)26-17(16-32-34)9-7-11-23(26)31/h7-12,15-16,18H,13-14H2,1-6H3. The number of hydrogen-bond acceptors (Lipinski definition) is 4. The van der Waals surface area contributed by atoms with Crippen LogP contribution in [0.25, 0.3) is 27.6 Å². The van der Waals surface area contributed by atoms with Crippen molar-refractivity contribution in [3.63, 3.8) is 0 Å². The molecule has 9 heteroatoms. The molecule has 0 amide bonds. The van der Waals surface area contributed by atoms with E-state index in [2.05, 4.69) is 54.9 Å². The Morgan fingerprint density at radius 3 is 2.47 bits per heavy atom. The minimum Gasteiger partial charge on any atom is -0.413 e. The first kappa shape index (κ1) is 26.7. The van der Waals surface area contributed by atoms with Crippen LogP contribution in [0.15, 0.2) is 62.7 Å². The van der Waals surface area contributed by atoms with Crippen LogP contribution in [-0.2, 0) is 24.3 Å². The third-order valence-corrected chi connectivity index (χ3v) is 13.2. The van der Waals surface area contributed by atoms with E-state index in [-0.39, 0.29) is 22.1 Å². The Bertz CT molecular complexity index is 1700. The molecule has 4 aromatic rings. The summed E-state index contributed by atoms with van der Waals surface area (Å²) in [7, 11) is -0.401. The second-order valence-corrected chi connectivity index (χ2v) is 17.1. The van der Waals surface area contributed by atoms with Crippen molar-refractivity contribution in [2.24, 2.45) is 7.05 Å². The maximum absolute atomic E-state index is 14.7. The molecule has 1 unspecified atom stereocenters. The number of benzene rings is 2. The van der Waals surface area contributed by atoms with Gasteiger partial charge < -0.3 is 8.99 Å². The zero-order chi connectivity index (χ0) is 27.6. The molecule has 0 saturated heterocycles. The van der Waals surface area contributed by atoms with Crippen LogP contribution in [0.4, 0.5) is 4.39 Å². The molecule has 0 aliphatic heterocycles. The third-order valence-electron chi connectivity index (χ3n) is 8.05. The molecule has 0 radical (unpaired) electrons. The van der Waals surface area contributed by atoms with E-state index in [4.69, 9.17) is 4.43 Å². The van der Waals surface area contributed by atoms with Gasteiger partial charge in [0.1, 0.15) is 5.82 Å². The van der Waals surface area contributed by atoms with Crippen molar-refractivity contribution in [3.05, 3.63) is 90.9 Å². The molecule has 2 aromatic carbocycles. The summed E-state index contributed by atoms with van der Waals surface area (Å²) in [6.07, 6.45) is 2.36. The van der Waals surface area contributed by atoms with E-state index in [1.165, 1.54) is 16.9 Å². The summed E-state index contributed by atoms with van der Waals surface area (Å²) in [5.41, 5.74) is 3.52. The fourth-order valence-electron chi connectivity index (χ4n) is 4.97. The minimum absolute atomic E-state index is 0.00772. The van der Waals surface area contributed by atoms with Gasteiger partial charge in [0.05, 0.1) is 27.8 Å². The van der Waals surface area contributed by atoms with Crippen LogP contribution in [0.2, 0.25) is 18.1 Å². The summed E-state index contributed by atoms with van der Waals surface area (Å²) in [6.45, 7) is 11.0. The summed E-state index contributed by atoms with van der Waals surface area (Å²) < 4.78 is 25.1. The first-order valence-electron chi connectivity index (χ1n) is 12.7. The van der Waals surface area contributed by atoms with Gasteiger partial charge >= 0.3 is 0 Å². The van der Waals surface area contributed by atoms with Crippen LogP contribution in [0.3, 0.4) is 0 Å². The Morgan fingerprint density at radius 1 is 1.05 bits per heavy atom. The number of aromatic nitrogens is 3. The van der Waals surface area contributed by atoms with Crippen molar-refractivity contribution in [2.75, 3.05) is 0 Å². The van der Waals surface area contributed by atoms with Gasteiger partial charge in [0.25, 0.3) is 11.1 Å². The Hall–Kier alpha value is -2.88. The first-order valence-corrected chi connectivity index (χ1v) is 16.4. The molecule has 1 atom stereocenters. The topological polar surface area (TPSA) is 66.1 Å². The van der Waals surface area contributed by atoms with Gasteiger partial charge in [-0.2, -0.15) is 9.78 Å². The smallest absolute Gasteiger partial charge is 0.282 e. The number of hydrogen-bond donors (Lipinski definition) is 0. The summed E-state index contributed by atoms with van der Waals surface area (Å²) in [4.78, 5) is 26.4. The van der Waals surface area contributed by atoms with Crippen LogP contribution >= 0.6 is 15.9 Å². The predicted molar refractivity (Wildman–Crippen MR) is 155 cm³/mol. The molecule has 0 saturated carbocycles. The van der Waals surface area contributed by atoms with E-state index in [9.17, 15) is 14.0 Å². The maximum atomic E-state index is 14.7. The molecule has 38 heavy (non-hydrogen) atoms. The highest BCUT2D eigenvalue weighted by atomic mass is 79.9. The van der Waals surface area contributed by atoms with Gasteiger partial charge in [0, 0.05) is 36.5 Å². The number of pyridine rings is 1. The van der Waals surface area contributed by atoms with Crippen molar-refractivity contribution >= 4 is 35.0 Å². The average Bonchev–Trinajstić information content (AvgIpc) is 2.99. The van der Waals surface area contributed by atoms with Crippen LogP contribution in [0.5, 0.6) is 0 Å². The molecule has 6 nitrogen and oxygen atoms in total. The van der Waals surface area contributed by atoms with Crippen molar-refractivity contribution in [1.29, 1.82) is 0 Å². The maximum Gasteiger partial charge on any atom is 0.282 e. The summed E-state index contributed by atoms with van der Waals surface area (Å²) in [5.74, 6) is -0.575. The van der Waals surface area contributed by atoms with E-state index in [0.29, 0.717) is 28.4 Å². The highest BCUT2D eigenvalue weighted by Gasteiger charge is 2.40. The van der Waals surface area contributed by atoms with Gasteiger partial charge in [0.2, 0.25) is 0 Å². The summed E-state index contributed by atoms with van der Waals surface area (Å²) in [6, 6.07) is 12.1. The highest BCUT2D eigenvalue weighted by molar-refractivity contribution is 9.10. The molecule has 1 aliphatic rings. The second-order valence-electron chi connectivity index (χ2n) is 11.5. The fraction of sp³-hybridized carbons (Fsp3) is 0.345. The van der Waals surface area contributed by atoms with Crippen molar-refractivity contribution < 1.29 is 8.82 Å². The predicted octanol–water partition coefficient (Wildman–Crippen LogP) is 6.14. The Morgan fingerprint density at radius 2 is 1.76 bits per heavy atom. The second kappa shape index (κ2) is 9.39. The molecule has 0 N–H and O–H groups in total. The molecule has 0 bridgehead atoms. The fourth-order valence-corrected chi connectivity index (χ4v) is 6.82. The molecule has 1 aliphatic carbocycles. The molecule has 0 fully saturated rings. The highest BCUT2D eigenvalue weighted by Crippen LogP contribution is 2.41. The van der Waals surface area contributed by atoms with Crippen molar-refractivity contribution in [2.45, 2.75) is 57.8 Å². The Labute approximate surface area is 230 Å². The van der Waals surface area contributed by atoms with E-state index >= 15 is 0 Å². The van der Waals surface area contributed by atoms with Gasteiger partial charge in [-0.1, -0.05) is 45.0 Å². The molecular formula is C29H31BrFN3O3Si. The van der Waals surface area contributed by atoms with Crippen LogP contribution < -0.4 is 11.1 Å². The molecule has 5 rings (SSSR count). The van der Waals surface area contributed by atoms with Gasteiger partial charge in [-0.25, -0.2) is 4.39 Å². The quantitative estimate of drug-likeness (QED) is 0.267. The SMILES string of the molecule is Cn1c2c(cc(Br)c1=O)-c1cccc(-n3ncc4cccc(F)c4c3=O)c1CC(O[Si](C)(C)C(C)(C)C)C2. The summed E-state index contributed by atoms with van der Waals surface area (Å²) >= 11 is 3.44. The zero-order valence-corrected chi connectivity index (χ0v) is 25.0. The number of fused-ring (bicyclic) bond motifs is 4. The first-order chi connectivity index (χ1) is 17.8. The van der Waals surface area contributed by atoms with Gasteiger partial charge in [-0.05, 0) is 63.4 Å². The number of halogens is 2. The molecule has 2 heterocycles. The lowest BCUT2D eigenvalue weighted by Gasteiger charge is -2.39. The summed E-state index contributed by atoms with van der Waals surface area (Å²) in [5, 5.41) is 4.89. The minimum atomic E-state index is -2.18. The number of rotatable bonds is 3. The zero-order valence-electron chi connectivity index (χ0n) is 22.4. The van der Waals surface area contributed by atoms with Crippen molar-refractivity contribution in [1.82, 2.24) is 14.3 Å². The van der Waals surface area contributed by atoms with Crippen LogP contribution in [0, 0.1) is 5.82 Å². The lowest BCUT2D eigenvalue weighted by molar-refractivity contribution is 0.179. The largest absolute Gasteiger partial charge is 0.413 e. The van der Waals surface area contributed by atoms with E-state index in [1.807, 2.05) is 24.3 Å². The van der Waals surface area contributed by atoms with E-state index in [0.717, 1.165) is 22.4 Å². The van der Waals surface area contributed by atoms with Crippen molar-refractivity contribution in [3.8, 4) is 16.8 Å². The van der Waals surface area contributed by atoms with E-state index in [1.54, 1.807) is 23.7 Å². The molecule has 198 valence electrons. The normalized spacial score (nSPS) is 15.7. The lowest BCUT2D eigenvalue weighted by atomic mass is 9.97. The Kier molecular flexibility index (Phi) is 6.60. The van der Waals surface area contributed by atoms with Gasteiger partial charge in [0.15, 0.2) is 8.32 Å². The number of nitrogens with zero attached hydrogens (tertiary/aromatic N) is 3. The third kappa shape index (κ3) is 4.40. The van der Waals surface area contributed by atoms with Crippen LogP contribution in [0.1, 0.15) is 32.0 Å². The van der Waals surface area contributed by atoms with Gasteiger partial charge in [-0.15, -0.1) is 0 Å². The van der Waals surface area contributed by atoms with Crippen LogP contribution in [-0.4, -0.2) is 28.8 Å². The molecule has 0 spiro atoms. The van der Waals surface area contributed by atoms with Gasteiger partial charge in [-0.3, -0.25) is 9.59 Å². The molecule has 2 aromatic heterocycles. The van der Waals surface area contributed by atoms with E-state index < -0.39 is 19.7 Å². The Balaban J connectivity index is 1.78. The lowest BCUT2D eigenvalue weighted by Crippen LogP contribution is -2.45.